The molecular formula is C23H28Cl2N2O3. The Hall–Kier alpha value is -2.24. The third kappa shape index (κ3) is 6.92. The molecular weight excluding hydrogens is 423 g/mol. The minimum Gasteiger partial charge on any atom is -0.484 e. The van der Waals surface area contributed by atoms with Gasteiger partial charge in [0.15, 0.2) is 6.61 Å². The highest BCUT2D eigenvalue weighted by atomic mass is 35.5. The first kappa shape index (κ1) is 24.0. The normalized spacial score (nSPS) is 11.6. The molecule has 2 aromatic carbocycles. The van der Waals surface area contributed by atoms with E-state index in [1.54, 1.807) is 18.2 Å². The van der Waals surface area contributed by atoms with Crippen LogP contribution in [-0.2, 0) is 16.1 Å². The fraction of sp³-hybridized carbons (Fsp3) is 0.391. The largest absolute Gasteiger partial charge is 0.484 e. The number of halogens is 2. The molecule has 2 rings (SSSR count). The second-order valence-electron chi connectivity index (χ2n) is 7.07. The van der Waals surface area contributed by atoms with E-state index >= 15 is 0 Å². The van der Waals surface area contributed by atoms with Crippen molar-refractivity contribution in [2.45, 2.75) is 46.2 Å². The van der Waals surface area contributed by atoms with E-state index in [4.69, 9.17) is 27.9 Å². The quantitative estimate of drug-likeness (QED) is 0.552. The summed E-state index contributed by atoms with van der Waals surface area (Å²) >= 11 is 12.3. The van der Waals surface area contributed by atoms with Crippen molar-refractivity contribution >= 4 is 35.0 Å². The first-order chi connectivity index (χ1) is 14.3. The van der Waals surface area contributed by atoms with Crippen LogP contribution in [0.4, 0.5) is 0 Å². The molecule has 0 aliphatic carbocycles. The van der Waals surface area contributed by atoms with Crippen LogP contribution < -0.4 is 10.1 Å². The first-order valence-corrected chi connectivity index (χ1v) is 10.8. The topological polar surface area (TPSA) is 58.6 Å². The summed E-state index contributed by atoms with van der Waals surface area (Å²) in [7, 11) is 0. The highest BCUT2D eigenvalue weighted by Crippen LogP contribution is 2.24. The molecule has 0 radical (unpaired) electrons. The van der Waals surface area contributed by atoms with Gasteiger partial charge in [-0.1, -0.05) is 60.8 Å². The predicted octanol–water partition coefficient (Wildman–Crippen LogP) is 5.01. The molecule has 0 fully saturated rings. The van der Waals surface area contributed by atoms with E-state index in [1.807, 2.05) is 45.0 Å². The molecule has 0 aliphatic heterocycles. The minimum atomic E-state index is -0.627. The fourth-order valence-corrected chi connectivity index (χ4v) is 3.45. The number of hydrogen-bond acceptors (Lipinski definition) is 3. The van der Waals surface area contributed by atoms with Gasteiger partial charge in [0, 0.05) is 23.1 Å². The number of aryl methyl sites for hydroxylation is 1. The highest BCUT2D eigenvalue weighted by Gasteiger charge is 2.29. The molecule has 0 spiro atoms. The molecule has 1 N–H and O–H groups in total. The maximum Gasteiger partial charge on any atom is 0.261 e. The molecule has 2 aromatic rings. The lowest BCUT2D eigenvalue weighted by Crippen LogP contribution is -2.50. The molecule has 0 aliphatic rings. The number of benzene rings is 2. The average molecular weight is 451 g/mol. The molecule has 1 atom stereocenters. The Labute approximate surface area is 188 Å². The summed E-state index contributed by atoms with van der Waals surface area (Å²) in [5, 5.41) is 3.84. The van der Waals surface area contributed by atoms with Gasteiger partial charge >= 0.3 is 0 Å². The molecule has 0 saturated carbocycles. The van der Waals surface area contributed by atoms with Crippen LogP contribution in [0.2, 0.25) is 10.0 Å². The number of nitrogens with one attached hydrogen (secondary N) is 1. The lowest BCUT2D eigenvalue weighted by atomic mass is 10.1. The van der Waals surface area contributed by atoms with Crippen LogP contribution in [0.15, 0.2) is 42.5 Å². The van der Waals surface area contributed by atoms with Gasteiger partial charge in [0.1, 0.15) is 11.8 Å². The zero-order valence-electron chi connectivity index (χ0n) is 17.6. The Kier molecular flexibility index (Phi) is 9.47. The Balaban J connectivity index is 2.22. The van der Waals surface area contributed by atoms with Crippen LogP contribution in [0.5, 0.6) is 5.75 Å². The monoisotopic (exact) mass is 450 g/mol. The molecule has 0 heterocycles. The maximum atomic E-state index is 13.1. The van der Waals surface area contributed by atoms with Gasteiger partial charge in [-0.15, -0.1) is 0 Å². The van der Waals surface area contributed by atoms with Gasteiger partial charge in [-0.2, -0.15) is 0 Å². The molecule has 0 bridgehead atoms. The number of nitrogens with zero attached hydrogens (tertiary/aromatic N) is 1. The van der Waals surface area contributed by atoms with E-state index in [9.17, 15) is 9.59 Å². The number of amides is 2. The molecule has 162 valence electrons. The molecule has 7 heteroatoms. The van der Waals surface area contributed by atoms with Gasteiger partial charge in [0.25, 0.3) is 5.91 Å². The van der Waals surface area contributed by atoms with Gasteiger partial charge in [0.2, 0.25) is 5.91 Å². The summed E-state index contributed by atoms with van der Waals surface area (Å²) in [6.45, 7) is 6.40. The summed E-state index contributed by atoms with van der Waals surface area (Å²) in [5.41, 5.74) is 1.82. The van der Waals surface area contributed by atoms with Gasteiger partial charge in [-0.05, 0) is 49.6 Å². The van der Waals surface area contributed by atoms with Crippen LogP contribution in [0.3, 0.4) is 0 Å². The third-order valence-corrected chi connectivity index (χ3v) is 5.26. The van der Waals surface area contributed by atoms with Crippen molar-refractivity contribution < 1.29 is 14.3 Å². The standard InChI is InChI=1S/C23H28Cl2N2O3/c1-4-12-26-23(29)21(5-2)27(14-17-8-9-18(24)13-20(17)25)22(28)15-30-19-10-6-16(3)7-11-19/h6-11,13,21H,4-5,12,14-15H2,1-3H3,(H,26,29)/t21-/m1/s1. The third-order valence-electron chi connectivity index (χ3n) is 4.67. The Bertz CT molecular complexity index is 856. The lowest BCUT2D eigenvalue weighted by Gasteiger charge is -2.31. The van der Waals surface area contributed by atoms with Crippen LogP contribution in [0, 0.1) is 6.92 Å². The highest BCUT2D eigenvalue weighted by molar-refractivity contribution is 6.35. The predicted molar refractivity (Wildman–Crippen MR) is 121 cm³/mol. The van der Waals surface area contributed by atoms with E-state index < -0.39 is 6.04 Å². The van der Waals surface area contributed by atoms with Crippen LogP contribution in [0.25, 0.3) is 0 Å². The van der Waals surface area contributed by atoms with Gasteiger partial charge in [-0.3, -0.25) is 9.59 Å². The number of rotatable bonds is 10. The smallest absolute Gasteiger partial charge is 0.261 e. The van der Waals surface area contributed by atoms with Crippen LogP contribution >= 0.6 is 23.2 Å². The number of hydrogen-bond donors (Lipinski definition) is 1. The summed E-state index contributed by atoms with van der Waals surface area (Å²) in [5.74, 6) is 0.120. The molecule has 0 aromatic heterocycles. The number of carbonyl (C=O) groups excluding carboxylic acids is 2. The molecule has 0 saturated heterocycles. The summed E-state index contributed by atoms with van der Waals surface area (Å²) in [6.07, 6.45) is 1.28. The second-order valence-corrected chi connectivity index (χ2v) is 7.92. The summed E-state index contributed by atoms with van der Waals surface area (Å²) in [4.78, 5) is 27.3. The average Bonchev–Trinajstić information content (AvgIpc) is 2.73. The zero-order valence-corrected chi connectivity index (χ0v) is 19.1. The Morgan fingerprint density at radius 1 is 1.10 bits per heavy atom. The minimum absolute atomic E-state index is 0.175. The van der Waals surface area contributed by atoms with Crippen molar-refractivity contribution in [3.8, 4) is 5.75 Å². The molecule has 30 heavy (non-hydrogen) atoms. The maximum absolute atomic E-state index is 13.1. The Morgan fingerprint density at radius 2 is 1.80 bits per heavy atom. The summed E-state index contributed by atoms with van der Waals surface area (Å²) < 4.78 is 5.67. The summed E-state index contributed by atoms with van der Waals surface area (Å²) in [6, 6.07) is 11.9. The van der Waals surface area contributed by atoms with Gasteiger partial charge < -0.3 is 15.0 Å². The first-order valence-electron chi connectivity index (χ1n) is 10.1. The fourth-order valence-electron chi connectivity index (χ4n) is 2.98. The lowest BCUT2D eigenvalue weighted by molar-refractivity contribution is -0.143. The van der Waals surface area contributed by atoms with Crippen molar-refractivity contribution in [1.82, 2.24) is 10.2 Å². The molecule has 2 amide bonds. The van der Waals surface area contributed by atoms with Crippen LogP contribution in [0.1, 0.15) is 37.8 Å². The van der Waals surface area contributed by atoms with E-state index in [0.29, 0.717) is 34.3 Å². The number of ether oxygens (including phenoxy) is 1. The second kappa shape index (κ2) is 11.8. The van der Waals surface area contributed by atoms with Gasteiger partial charge in [0.05, 0.1) is 0 Å². The van der Waals surface area contributed by atoms with Gasteiger partial charge in [-0.25, -0.2) is 0 Å². The van der Waals surface area contributed by atoms with Crippen molar-refractivity contribution in [1.29, 1.82) is 0 Å². The molecule has 5 nitrogen and oxygen atoms in total. The zero-order chi connectivity index (χ0) is 22.1. The van der Waals surface area contributed by atoms with E-state index in [1.165, 1.54) is 4.90 Å². The van der Waals surface area contributed by atoms with Crippen molar-refractivity contribution in [3.63, 3.8) is 0 Å². The van der Waals surface area contributed by atoms with Crippen molar-refractivity contribution in [3.05, 3.63) is 63.6 Å². The van der Waals surface area contributed by atoms with E-state index in [2.05, 4.69) is 5.32 Å². The van der Waals surface area contributed by atoms with Crippen molar-refractivity contribution in [2.24, 2.45) is 0 Å². The van der Waals surface area contributed by atoms with Crippen molar-refractivity contribution in [2.75, 3.05) is 13.2 Å². The van der Waals surface area contributed by atoms with E-state index in [-0.39, 0.29) is 25.0 Å². The number of carbonyl (C=O) groups is 2. The van der Waals surface area contributed by atoms with Crippen LogP contribution in [-0.4, -0.2) is 35.9 Å². The SMILES string of the molecule is CCCNC(=O)[C@@H](CC)N(Cc1ccc(Cl)cc1Cl)C(=O)COc1ccc(C)cc1. The Morgan fingerprint density at radius 3 is 2.40 bits per heavy atom. The van der Waals surface area contributed by atoms with E-state index in [0.717, 1.165) is 12.0 Å². The molecule has 0 unspecified atom stereocenters.